The summed E-state index contributed by atoms with van der Waals surface area (Å²) in [5.74, 6) is 0. The van der Waals surface area contributed by atoms with Crippen molar-refractivity contribution in [1.82, 2.24) is 0 Å². The van der Waals surface area contributed by atoms with Crippen LogP contribution in [0.4, 0.5) is 0 Å². The summed E-state index contributed by atoms with van der Waals surface area (Å²) in [7, 11) is 0. The molecule has 0 saturated heterocycles. The van der Waals surface area contributed by atoms with E-state index in [-0.39, 0.29) is 0 Å². The number of halogens is 1. The smallest absolute Gasteiger partial charge is 0.0408 e. The topological polar surface area (TPSA) is 0 Å². The van der Waals surface area contributed by atoms with Crippen molar-refractivity contribution in [2.45, 2.75) is 32.6 Å². The standard InChI is InChI=1S/C13H17Cl/c1-3-5-11(2)8-9-12-6-4-7-13(14)10-12/h4,6-7,10H,2-3,5,8-9H2,1H3. The van der Waals surface area contributed by atoms with Crippen molar-refractivity contribution in [3.05, 3.63) is 47.0 Å². The van der Waals surface area contributed by atoms with Gasteiger partial charge in [0.2, 0.25) is 0 Å². The molecule has 1 aromatic carbocycles. The predicted molar refractivity (Wildman–Crippen MR) is 63.8 cm³/mol. The van der Waals surface area contributed by atoms with Crippen molar-refractivity contribution in [2.75, 3.05) is 0 Å². The summed E-state index contributed by atoms with van der Waals surface area (Å²) in [4.78, 5) is 0. The van der Waals surface area contributed by atoms with Crippen LogP contribution in [0.15, 0.2) is 36.4 Å². The fraction of sp³-hybridized carbons (Fsp3) is 0.385. The summed E-state index contributed by atoms with van der Waals surface area (Å²) in [6.45, 7) is 6.23. The zero-order chi connectivity index (χ0) is 10.4. The summed E-state index contributed by atoms with van der Waals surface area (Å²) in [6.07, 6.45) is 4.46. The van der Waals surface area contributed by atoms with E-state index in [0.717, 1.165) is 24.3 Å². The third-order valence-electron chi connectivity index (χ3n) is 2.26. The van der Waals surface area contributed by atoms with Crippen molar-refractivity contribution in [1.29, 1.82) is 0 Å². The lowest BCUT2D eigenvalue weighted by Gasteiger charge is -2.04. The molecule has 1 rings (SSSR count). The third-order valence-corrected chi connectivity index (χ3v) is 2.49. The fourth-order valence-corrected chi connectivity index (χ4v) is 1.71. The lowest BCUT2D eigenvalue weighted by molar-refractivity contribution is 0.822. The van der Waals surface area contributed by atoms with Gasteiger partial charge in [-0.05, 0) is 37.0 Å². The molecule has 0 aliphatic carbocycles. The van der Waals surface area contributed by atoms with E-state index in [9.17, 15) is 0 Å². The average molecular weight is 209 g/mol. The normalized spacial score (nSPS) is 10.1. The van der Waals surface area contributed by atoms with Gasteiger partial charge in [0.05, 0.1) is 0 Å². The molecule has 0 spiro atoms. The Hall–Kier alpha value is -0.750. The van der Waals surface area contributed by atoms with Gasteiger partial charge in [-0.15, -0.1) is 0 Å². The highest BCUT2D eigenvalue weighted by molar-refractivity contribution is 6.30. The van der Waals surface area contributed by atoms with Gasteiger partial charge in [-0.1, -0.05) is 49.2 Å². The van der Waals surface area contributed by atoms with Gasteiger partial charge in [0.15, 0.2) is 0 Å². The van der Waals surface area contributed by atoms with Gasteiger partial charge in [-0.3, -0.25) is 0 Å². The summed E-state index contributed by atoms with van der Waals surface area (Å²) in [5.41, 5.74) is 2.64. The molecule has 0 saturated carbocycles. The fourth-order valence-electron chi connectivity index (χ4n) is 1.49. The van der Waals surface area contributed by atoms with Crippen LogP contribution in [-0.2, 0) is 6.42 Å². The zero-order valence-electron chi connectivity index (χ0n) is 8.72. The van der Waals surface area contributed by atoms with Crippen LogP contribution in [0.3, 0.4) is 0 Å². The van der Waals surface area contributed by atoms with Crippen molar-refractivity contribution in [3.63, 3.8) is 0 Å². The minimum atomic E-state index is 0.823. The SMILES string of the molecule is C=C(CCC)CCc1cccc(Cl)c1. The molecule has 0 bridgehead atoms. The van der Waals surface area contributed by atoms with E-state index < -0.39 is 0 Å². The van der Waals surface area contributed by atoms with E-state index in [4.69, 9.17) is 11.6 Å². The number of rotatable bonds is 5. The van der Waals surface area contributed by atoms with Crippen LogP contribution in [0.5, 0.6) is 0 Å². The Labute approximate surface area is 91.6 Å². The van der Waals surface area contributed by atoms with Crippen molar-refractivity contribution >= 4 is 11.6 Å². The molecule has 0 heterocycles. The van der Waals surface area contributed by atoms with Crippen molar-refractivity contribution in [3.8, 4) is 0 Å². The molecule has 1 aromatic rings. The molecule has 0 nitrogen and oxygen atoms in total. The maximum atomic E-state index is 5.90. The largest absolute Gasteiger partial charge is 0.0999 e. The van der Waals surface area contributed by atoms with E-state index in [1.807, 2.05) is 18.2 Å². The summed E-state index contributed by atoms with van der Waals surface area (Å²) in [6, 6.07) is 8.05. The average Bonchev–Trinajstić information content (AvgIpc) is 2.15. The minimum absolute atomic E-state index is 0.823. The molecule has 0 fully saturated rings. The Bertz CT molecular complexity index is 302. The maximum Gasteiger partial charge on any atom is 0.0408 e. The minimum Gasteiger partial charge on any atom is -0.0999 e. The van der Waals surface area contributed by atoms with Gasteiger partial charge in [-0.2, -0.15) is 0 Å². The lowest BCUT2D eigenvalue weighted by atomic mass is 10.0. The van der Waals surface area contributed by atoms with Gasteiger partial charge in [-0.25, -0.2) is 0 Å². The molecule has 1 heteroatoms. The molecule has 14 heavy (non-hydrogen) atoms. The Morgan fingerprint density at radius 3 is 2.79 bits per heavy atom. The van der Waals surface area contributed by atoms with E-state index in [1.165, 1.54) is 17.6 Å². The summed E-state index contributed by atoms with van der Waals surface area (Å²) in [5, 5.41) is 0.823. The van der Waals surface area contributed by atoms with E-state index in [1.54, 1.807) is 0 Å². The Morgan fingerprint density at radius 1 is 1.36 bits per heavy atom. The summed E-state index contributed by atoms with van der Waals surface area (Å²) < 4.78 is 0. The van der Waals surface area contributed by atoms with Crippen LogP contribution in [0.2, 0.25) is 5.02 Å². The first-order valence-electron chi connectivity index (χ1n) is 5.13. The second kappa shape index (κ2) is 5.87. The van der Waals surface area contributed by atoms with Gasteiger partial charge in [0.25, 0.3) is 0 Å². The molecular formula is C13H17Cl. The highest BCUT2D eigenvalue weighted by atomic mass is 35.5. The van der Waals surface area contributed by atoms with Crippen LogP contribution >= 0.6 is 11.6 Å². The first-order valence-corrected chi connectivity index (χ1v) is 5.51. The molecule has 0 aromatic heterocycles. The first-order chi connectivity index (χ1) is 6.72. The molecule has 0 N–H and O–H groups in total. The number of hydrogen-bond donors (Lipinski definition) is 0. The second-order valence-electron chi connectivity index (χ2n) is 3.63. The van der Waals surface area contributed by atoms with Gasteiger partial charge in [0, 0.05) is 5.02 Å². The molecule has 0 aliphatic heterocycles. The number of allylic oxidation sites excluding steroid dienone is 1. The quantitative estimate of drug-likeness (QED) is 0.619. The number of hydrogen-bond acceptors (Lipinski definition) is 0. The maximum absolute atomic E-state index is 5.90. The van der Waals surface area contributed by atoms with E-state index in [0.29, 0.717) is 0 Å². The van der Waals surface area contributed by atoms with Gasteiger partial charge in [0.1, 0.15) is 0 Å². The molecule has 76 valence electrons. The van der Waals surface area contributed by atoms with Crippen LogP contribution in [-0.4, -0.2) is 0 Å². The predicted octanol–water partition coefficient (Wildman–Crippen LogP) is 4.63. The molecule has 0 radical (unpaired) electrons. The highest BCUT2D eigenvalue weighted by Gasteiger charge is 1.96. The van der Waals surface area contributed by atoms with E-state index in [2.05, 4.69) is 19.6 Å². The number of aryl methyl sites for hydroxylation is 1. The lowest BCUT2D eigenvalue weighted by Crippen LogP contribution is -1.88. The second-order valence-corrected chi connectivity index (χ2v) is 4.07. The number of benzene rings is 1. The van der Waals surface area contributed by atoms with Gasteiger partial charge >= 0.3 is 0 Å². The van der Waals surface area contributed by atoms with Crippen LogP contribution in [0.1, 0.15) is 31.7 Å². The van der Waals surface area contributed by atoms with Crippen LogP contribution in [0, 0.1) is 0 Å². The molecular weight excluding hydrogens is 192 g/mol. The third kappa shape index (κ3) is 3.97. The molecule has 0 amide bonds. The molecule has 0 atom stereocenters. The molecule has 0 unspecified atom stereocenters. The van der Waals surface area contributed by atoms with Gasteiger partial charge < -0.3 is 0 Å². The zero-order valence-corrected chi connectivity index (χ0v) is 9.48. The van der Waals surface area contributed by atoms with Crippen LogP contribution in [0.25, 0.3) is 0 Å². The van der Waals surface area contributed by atoms with Crippen LogP contribution < -0.4 is 0 Å². The van der Waals surface area contributed by atoms with Crippen molar-refractivity contribution in [2.24, 2.45) is 0 Å². The Morgan fingerprint density at radius 2 is 2.14 bits per heavy atom. The monoisotopic (exact) mass is 208 g/mol. The van der Waals surface area contributed by atoms with Crippen molar-refractivity contribution < 1.29 is 0 Å². The highest BCUT2D eigenvalue weighted by Crippen LogP contribution is 2.15. The molecule has 0 aliphatic rings. The summed E-state index contributed by atoms with van der Waals surface area (Å²) >= 11 is 5.90. The Kier molecular flexibility index (Phi) is 4.75. The first kappa shape index (κ1) is 11.3. The van der Waals surface area contributed by atoms with E-state index >= 15 is 0 Å². The Balaban J connectivity index is 2.41.